The normalized spacial score (nSPS) is 21.7. The van der Waals surface area contributed by atoms with E-state index >= 15 is 0 Å². The van der Waals surface area contributed by atoms with Crippen LogP contribution in [0, 0.1) is 0 Å². The van der Waals surface area contributed by atoms with Gasteiger partial charge in [0.15, 0.2) is 0 Å². The van der Waals surface area contributed by atoms with Gasteiger partial charge >= 0.3 is 6.03 Å². The fourth-order valence-electron chi connectivity index (χ4n) is 2.77. The van der Waals surface area contributed by atoms with Crippen LogP contribution in [-0.2, 0) is 0 Å². The van der Waals surface area contributed by atoms with Crippen molar-refractivity contribution in [2.45, 2.75) is 45.4 Å². The molecule has 2 heterocycles. The van der Waals surface area contributed by atoms with Crippen molar-refractivity contribution in [3.8, 4) is 0 Å². The number of hydrogen-bond acceptors (Lipinski definition) is 4. The summed E-state index contributed by atoms with van der Waals surface area (Å²) in [6.07, 6.45) is 3.50. The Morgan fingerprint density at radius 1 is 1.59 bits per heavy atom. The SMILES string of the molecule is CC(NC(=O)N1CCN(CC(C)(C)O)C(C)C1)c1cn[nH]c1. The van der Waals surface area contributed by atoms with E-state index in [1.807, 2.05) is 25.7 Å². The maximum absolute atomic E-state index is 12.4. The average Bonchev–Trinajstić information content (AvgIpc) is 2.93. The fraction of sp³-hybridized carbons (Fsp3) is 0.733. The van der Waals surface area contributed by atoms with Crippen molar-refractivity contribution in [2.75, 3.05) is 26.2 Å². The monoisotopic (exact) mass is 309 g/mol. The van der Waals surface area contributed by atoms with Crippen molar-refractivity contribution in [2.24, 2.45) is 0 Å². The molecule has 0 aromatic carbocycles. The van der Waals surface area contributed by atoms with Gasteiger partial charge in [0.1, 0.15) is 0 Å². The lowest BCUT2D eigenvalue weighted by Gasteiger charge is -2.42. The number of H-pyrrole nitrogens is 1. The van der Waals surface area contributed by atoms with E-state index in [1.54, 1.807) is 12.4 Å². The first-order valence-electron chi connectivity index (χ1n) is 7.77. The number of aliphatic hydroxyl groups is 1. The Hall–Kier alpha value is -1.60. The quantitative estimate of drug-likeness (QED) is 0.773. The number of hydrogen-bond donors (Lipinski definition) is 3. The van der Waals surface area contributed by atoms with Crippen molar-refractivity contribution >= 4 is 6.03 Å². The van der Waals surface area contributed by atoms with E-state index in [0.29, 0.717) is 19.6 Å². The zero-order chi connectivity index (χ0) is 16.3. The first kappa shape index (κ1) is 16.8. The number of aromatic amines is 1. The van der Waals surface area contributed by atoms with Crippen LogP contribution in [0.3, 0.4) is 0 Å². The highest BCUT2D eigenvalue weighted by atomic mass is 16.3. The summed E-state index contributed by atoms with van der Waals surface area (Å²) in [5.74, 6) is 0. The maximum atomic E-state index is 12.4. The van der Waals surface area contributed by atoms with Gasteiger partial charge in [0, 0.05) is 44.0 Å². The molecular weight excluding hydrogens is 282 g/mol. The van der Waals surface area contributed by atoms with E-state index in [9.17, 15) is 9.90 Å². The second-order valence-electron chi connectivity index (χ2n) is 6.78. The molecule has 2 atom stereocenters. The molecule has 1 aliphatic heterocycles. The summed E-state index contributed by atoms with van der Waals surface area (Å²) in [6.45, 7) is 10.4. The van der Waals surface area contributed by atoms with Gasteiger partial charge in [-0.15, -0.1) is 0 Å². The standard InChI is InChI=1S/C15H27N5O2/c1-11-9-19(5-6-20(11)10-15(3,4)22)14(21)18-12(2)13-7-16-17-8-13/h7-8,11-12,22H,5-6,9-10H2,1-4H3,(H,16,17)(H,18,21). The van der Waals surface area contributed by atoms with E-state index in [0.717, 1.165) is 12.1 Å². The van der Waals surface area contributed by atoms with Gasteiger partial charge in [0.05, 0.1) is 17.8 Å². The Balaban J connectivity index is 1.86. The molecular formula is C15H27N5O2. The third kappa shape index (κ3) is 4.45. The first-order valence-corrected chi connectivity index (χ1v) is 7.77. The highest BCUT2D eigenvalue weighted by Gasteiger charge is 2.30. The molecule has 3 N–H and O–H groups in total. The predicted octanol–water partition coefficient (Wildman–Crippen LogP) is 0.957. The van der Waals surface area contributed by atoms with Crippen molar-refractivity contribution < 1.29 is 9.90 Å². The van der Waals surface area contributed by atoms with Crippen LogP contribution in [0.2, 0.25) is 0 Å². The van der Waals surface area contributed by atoms with Gasteiger partial charge in [-0.3, -0.25) is 10.00 Å². The highest BCUT2D eigenvalue weighted by Crippen LogP contribution is 2.15. The smallest absolute Gasteiger partial charge is 0.317 e. The molecule has 1 aromatic heterocycles. The summed E-state index contributed by atoms with van der Waals surface area (Å²) >= 11 is 0. The molecule has 0 aliphatic carbocycles. The van der Waals surface area contributed by atoms with Gasteiger partial charge in [-0.2, -0.15) is 5.10 Å². The van der Waals surface area contributed by atoms with Crippen LogP contribution < -0.4 is 5.32 Å². The molecule has 0 spiro atoms. The minimum Gasteiger partial charge on any atom is -0.389 e. The minimum absolute atomic E-state index is 0.0524. The molecule has 0 saturated carbocycles. The third-order valence-electron chi connectivity index (χ3n) is 4.00. The summed E-state index contributed by atoms with van der Waals surface area (Å²) in [5.41, 5.74) is 0.246. The number of piperazine rings is 1. The summed E-state index contributed by atoms with van der Waals surface area (Å²) in [5, 5.41) is 19.6. The van der Waals surface area contributed by atoms with Crippen LogP contribution in [0.1, 0.15) is 39.3 Å². The molecule has 22 heavy (non-hydrogen) atoms. The molecule has 124 valence electrons. The molecule has 1 aromatic rings. The Labute approximate surface area is 131 Å². The Morgan fingerprint density at radius 2 is 2.32 bits per heavy atom. The van der Waals surface area contributed by atoms with E-state index in [4.69, 9.17) is 0 Å². The molecule has 2 amide bonds. The van der Waals surface area contributed by atoms with Crippen LogP contribution in [0.5, 0.6) is 0 Å². The second kappa shape index (κ2) is 6.66. The topological polar surface area (TPSA) is 84.5 Å². The minimum atomic E-state index is -0.714. The molecule has 1 saturated heterocycles. The third-order valence-corrected chi connectivity index (χ3v) is 4.00. The Bertz CT molecular complexity index is 483. The van der Waals surface area contributed by atoms with Crippen molar-refractivity contribution in [3.63, 3.8) is 0 Å². The summed E-state index contributed by atoms with van der Waals surface area (Å²) in [6, 6.07) is 0.106. The first-order chi connectivity index (χ1) is 10.3. The molecule has 2 unspecified atom stereocenters. The molecule has 1 aliphatic rings. The molecule has 1 fully saturated rings. The van der Waals surface area contributed by atoms with Gasteiger partial charge in [-0.05, 0) is 27.7 Å². The van der Waals surface area contributed by atoms with Crippen LogP contribution >= 0.6 is 0 Å². The van der Waals surface area contributed by atoms with Gasteiger partial charge in [0.2, 0.25) is 0 Å². The van der Waals surface area contributed by atoms with Gasteiger partial charge in [-0.25, -0.2) is 4.79 Å². The lowest BCUT2D eigenvalue weighted by Crippen LogP contribution is -2.58. The van der Waals surface area contributed by atoms with Crippen LogP contribution in [0.25, 0.3) is 0 Å². The molecule has 0 radical (unpaired) electrons. The summed E-state index contributed by atoms with van der Waals surface area (Å²) in [7, 11) is 0. The maximum Gasteiger partial charge on any atom is 0.317 e. The lowest BCUT2D eigenvalue weighted by atomic mass is 10.1. The number of β-amino-alcohol motifs (C(OH)–C–C–N with tert-alkyl or cyclic N) is 1. The summed E-state index contributed by atoms with van der Waals surface area (Å²) in [4.78, 5) is 16.4. The molecule has 2 rings (SSSR count). The van der Waals surface area contributed by atoms with Crippen molar-refractivity contribution in [1.29, 1.82) is 0 Å². The molecule has 0 bridgehead atoms. The number of aromatic nitrogens is 2. The Kier molecular flexibility index (Phi) is 5.08. The lowest BCUT2D eigenvalue weighted by molar-refractivity contribution is 0.00280. The van der Waals surface area contributed by atoms with Crippen LogP contribution in [0.4, 0.5) is 4.79 Å². The van der Waals surface area contributed by atoms with Gasteiger partial charge in [0.25, 0.3) is 0 Å². The predicted molar refractivity (Wildman–Crippen MR) is 84.4 cm³/mol. The number of rotatable bonds is 4. The zero-order valence-corrected chi connectivity index (χ0v) is 13.8. The van der Waals surface area contributed by atoms with Crippen molar-refractivity contribution in [1.82, 2.24) is 25.3 Å². The molecule has 7 heteroatoms. The van der Waals surface area contributed by atoms with Gasteiger partial charge < -0.3 is 15.3 Å². The number of nitrogens with one attached hydrogen (secondary N) is 2. The van der Waals surface area contributed by atoms with Crippen molar-refractivity contribution in [3.05, 3.63) is 18.0 Å². The largest absolute Gasteiger partial charge is 0.389 e. The zero-order valence-electron chi connectivity index (χ0n) is 13.8. The summed E-state index contributed by atoms with van der Waals surface area (Å²) < 4.78 is 0. The number of amides is 2. The highest BCUT2D eigenvalue weighted by molar-refractivity contribution is 5.74. The van der Waals surface area contributed by atoms with E-state index in [2.05, 4.69) is 27.3 Å². The number of carbonyl (C=O) groups excluding carboxylic acids is 1. The van der Waals surface area contributed by atoms with Crippen LogP contribution in [-0.4, -0.2) is 69.0 Å². The Morgan fingerprint density at radius 3 is 2.86 bits per heavy atom. The van der Waals surface area contributed by atoms with E-state index in [1.165, 1.54) is 0 Å². The number of urea groups is 1. The second-order valence-corrected chi connectivity index (χ2v) is 6.78. The van der Waals surface area contributed by atoms with Gasteiger partial charge in [-0.1, -0.05) is 0 Å². The van der Waals surface area contributed by atoms with E-state index in [-0.39, 0.29) is 18.1 Å². The number of nitrogens with zero attached hydrogens (tertiary/aromatic N) is 3. The van der Waals surface area contributed by atoms with E-state index < -0.39 is 5.60 Å². The average molecular weight is 309 g/mol. The van der Waals surface area contributed by atoms with Crippen LogP contribution in [0.15, 0.2) is 12.4 Å². The number of carbonyl (C=O) groups is 1. The fourth-order valence-corrected chi connectivity index (χ4v) is 2.77. The molecule has 7 nitrogen and oxygen atoms in total.